The van der Waals surface area contributed by atoms with Crippen LogP contribution in [0.4, 0.5) is 0 Å². The van der Waals surface area contributed by atoms with Gasteiger partial charge in [0.15, 0.2) is 0 Å². The van der Waals surface area contributed by atoms with Gasteiger partial charge in [0, 0.05) is 24.8 Å². The zero-order valence-corrected chi connectivity index (χ0v) is 14.9. The van der Waals surface area contributed by atoms with E-state index in [-0.39, 0.29) is 5.91 Å². The molecule has 2 aromatic heterocycles. The third kappa shape index (κ3) is 3.91. The maximum Gasteiger partial charge on any atom is 0.270 e. The van der Waals surface area contributed by atoms with Crippen molar-refractivity contribution in [2.24, 2.45) is 7.05 Å². The first-order valence-electron chi connectivity index (χ1n) is 7.90. The van der Waals surface area contributed by atoms with Gasteiger partial charge in [-0.15, -0.1) is 0 Å². The fourth-order valence-electron chi connectivity index (χ4n) is 2.50. The Morgan fingerprint density at radius 2 is 2.04 bits per heavy atom. The molecule has 0 aliphatic carbocycles. The Bertz CT molecular complexity index is 709. The number of aryl methyl sites for hydroxylation is 1. The Hall–Kier alpha value is -1.88. The smallest absolute Gasteiger partial charge is 0.270 e. The van der Waals surface area contributed by atoms with Crippen LogP contribution in [-0.4, -0.2) is 27.2 Å². The van der Waals surface area contributed by atoms with E-state index in [0.29, 0.717) is 17.4 Å². The van der Waals surface area contributed by atoms with Gasteiger partial charge in [0.05, 0.1) is 6.20 Å². The average Bonchev–Trinajstić information content (AvgIpc) is 2.85. The average molecular weight is 335 g/mol. The van der Waals surface area contributed by atoms with E-state index in [1.165, 1.54) is 0 Å². The number of halogens is 1. The normalized spacial score (nSPS) is 10.8. The number of hydrogen-bond donors (Lipinski definition) is 1. The molecule has 1 N–H and O–H groups in total. The SMILES string of the molecule is CCCCCNC(=O)c1nc(Cl)cc(-c2cnn(C)c2C)c1C. The highest BCUT2D eigenvalue weighted by Crippen LogP contribution is 2.29. The van der Waals surface area contributed by atoms with Gasteiger partial charge in [-0.2, -0.15) is 5.10 Å². The van der Waals surface area contributed by atoms with Crippen molar-refractivity contribution in [3.63, 3.8) is 0 Å². The molecule has 0 spiro atoms. The lowest BCUT2D eigenvalue weighted by molar-refractivity contribution is 0.0947. The number of carbonyl (C=O) groups is 1. The van der Waals surface area contributed by atoms with Crippen LogP contribution in [-0.2, 0) is 7.05 Å². The number of pyridine rings is 1. The van der Waals surface area contributed by atoms with Gasteiger partial charge in [-0.1, -0.05) is 31.4 Å². The van der Waals surface area contributed by atoms with E-state index in [0.717, 1.165) is 41.6 Å². The van der Waals surface area contributed by atoms with Gasteiger partial charge < -0.3 is 5.32 Å². The number of carbonyl (C=O) groups excluding carboxylic acids is 1. The van der Waals surface area contributed by atoms with Crippen LogP contribution in [0.15, 0.2) is 12.3 Å². The van der Waals surface area contributed by atoms with Gasteiger partial charge in [0.2, 0.25) is 0 Å². The van der Waals surface area contributed by atoms with E-state index in [1.54, 1.807) is 16.9 Å². The van der Waals surface area contributed by atoms with Gasteiger partial charge >= 0.3 is 0 Å². The van der Waals surface area contributed by atoms with E-state index in [4.69, 9.17) is 11.6 Å². The molecule has 5 nitrogen and oxygen atoms in total. The summed E-state index contributed by atoms with van der Waals surface area (Å²) in [6, 6.07) is 1.79. The highest BCUT2D eigenvalue weighted by Gasteiger charge is 2.18. The standard InChI is InChI=1S/C17H23ClN4O/c1-5-6-7-8-19-17(23)16-11(2)13(9-15(18)21-16)14-10-20-22(4)12(14)3/h9-10H,5-8H2,1-4H3,(H,19,23). The van der Waals surface area contributed by atoms with Crippen molar-refractivity contribution in [3.8, 4) is 11.1 Å². The van der Waals surface area contributed by atoms with Crippen LogP contribution >= 0.6 is 11.6 Å². The van der Waals surface area contributed by atoms with Crippen LogP contribution < -0.4 is 5.32 Å². The van der Waals surface area contributed by atoms with Crippen molar-refractivity contribution in [1.29, 1.82) is 0 Å². The highest BCUT2D eigenvalue weighted by molar-refractivity contribution is 6.30. The Kier molecular flexibility index (Phi) is 5.77. The van der Waals surface area contributed by atoms with Crippen molar-refractivity contribution in [2.45, 2.75) is 40.0 Å². The van der Waals surface area contributed by atoms with Crippen LogP contribution in [0.25, 0.3) is 11.1 Å². The van der Waals surface area contributed by atoms with E-state index in [2.05, 4.69) is 22.3 Å². The lowest BCUT2D eigenvalue weighted by Gasteiger charge is -2.12. The molecule has 2 rings (SSSR count). The van der Waals surface area contributed by atoms with E-state index in [1.807, 2.05) is 20.9 Å². The molecular weight excluding hydrogens is 312 g/mol. The number of nitrogens with zero attached hydrogens (tertiary/aromatic N) is 3. The summed E-state index contributed by atoms with van der Waals surface area (Å²) in [5, 5.41) is 7.49. The van der Waals surface area contributed by atoms with Crippen LogP contribution in [0.1, 0.15) is 47.9 Å². The minimum atomic E-state index is -0.177. The van der Waals surface area contributed by atoms with Crippen molar-refractivity contribution in [2.75, 3.05) is 6.54 Å². The van der Waals surface area contributed by atoms with Crippen molar-refractivity contribution < 1.29 is 4.79 Å². The first-order valence-corrected chi connectivity index (χ1v) is 8.27. The lowest BCUT2D eigenvalue weighted by Crippen LogP contribution is -2.26. The zero-order valence-electron chi connectivity index (χ0n) is 14.1. The predicted molar refractivity (Wildman–Crippen MR) is 92.8 cm³/mol. The maximum absolute atomic E-state index is 12.4. The maximum atomic E-state index is 12.4. The van der Waals surface area contributed by atoms with Crippen molar-refractivity contribution in [3.05, 3.63) is 34.4 Å². The minimum Gasteiger partial charge on any atom is -0.351 e. The third-order valence-corrected chi connectivity index (χ3v) is 4.24. The largest absolute Gasteiger partial charge is 0.351 e. The van der Waals surface area contributed by atoms with Crippen molar-refractivity contribution >= 4 is 17.5 Å². The third-order valence-electron chi connectivity index (χ3n) is 4.05. The van der Waals surface area contributed by atoms with Gasteiger partial charge in [0.1, 0.15) is 10.8 Å². The zero-order chi connectivity index (χ0) is 17.0. The second-order valence-electron chi connectivity index (χ2n) is 5.70. The lowest BCUT2D eigenvalue weighted by atomic mass is 10.0. The van der Waals surface area contributed by atoms with E-state index >= 15 is 0 Å². The number of unbranched alkanes of at least 4 members (excludes halogenated alkanes) is 2. The summed E-state index contributed by atoms with van der Waals surface area (Å²) in [4.78, 5) is 16.6. The molecule has 0 fully saturated rings. The second kappa shape index (κ2) is 7.59. The quantitative estimate of drug-likeness (QED) is 0.647. The van der Waals surface area contributed by atoms with Crippen LogP contribution in [0.2, 0.25) is 5.15 Å². The fraction of sp³-hybridized carbons (Fsp3) is 0.471. The number of aromatic nitrogens is 3. The number of hydrogen-bond acceptors (Lipinski definition) is 3. The molecule has 0 saturated carbocycles. The topological polar surface area (TPSA) is 59.8 Å². The van der Waals surface area contributed by atoms with E-state index < -0.39 is 0 Å². The van der Waals surface area contributed by atoms with Crippen LogP contribution in [0.3, 0.4) is 0 Å². The van der Waals surface area contributed by atoms with Crippen LogP contribution in [0.5, 0.6) is 0 Å². The molecule has 0 bridgehead atoms. The first-order chi connectivity index (χ1) is 11.0. The minimum absolute atomic E-state index is 0.177. The number of amides is 1. The van der Waals surface area contributed by atoms with Gasteiger partial charge in [0.25, 0.3) is 5.91 Å². The molecular formula is C17H23ClN4O. The second-order valence-corrected chi connectivity index (χ2v) is 6.08. The molecule has 0 aliphatic rings. The molecule has 0 radical (unpaired) electrons. The summed E-state index contributed by atoms with van der Waals surface area (Å²) in [6.07, 6.45) is 4.98. The fourth-order valence-corrected chi connectivity index (χ4v) is 2.70. The number of rotatable bonds is 6. The molecule has 23 heavy (non-hydrogen) atoms. The molecule has 0 aliphatic heterocycles. The Morgan fingerprint density at radius 3 is 2.65 bits per heavy atom. The van der Waals surface area contributed by atoms with Gasteiger partial charge in [-0.3, -0.25) is 9.48 Å². The molecule has 0 saturated heterocycles. The highest BCUT2D eigenvalue weighted by atomic mass is 35.5. The molecule has 0 atom stereocenters. The number of nitrogens with one attached hydrogen (secondary N) is 1. The molecule has 0 unspecified atom stereocenters. The van der Waals surface area contributed by atoms with E-state index in [9.17, 15) is 4.79 Å². The molecule has 2 aromatic rings. The van der Waals surface area contributed by atoms with Crippen LogP contribution in [0, 0.1) is 13.8 Å². The van der Waals surface area contributed by atoms with Gasteiger partial charge in [-0.05, 0) is 37.5 Å². The summed E-state index contributed by atoms with van der Waals surface area (Å²) in [7, 11) is 1.89. The summed E-state index contributed by atoms with van der Waals surface area (Å²) in [6.45, 7) is 6.67. The molecule has 124 valence electrons. The monoisotopic (exact) mass is 334 g/mol. The predicted octanol–water partition coefficient (Wildman–Crippen LogP) is 3.67. The molecule has 0 aromatic carbocycles. The Labute approximate surface area is 142 Å². The summed E-state index contributed by atoms with van der Waals surface area (Å²) < 4.78 is 1.80. The Morgan fingerprint density at radius 1 is 1.30 bits per heavy atom. The Balaban J connectivity index is 2.32. The van der Waals surface area contributed by atoms with Gasteiger partial charge in [-0.25, -0.2) is 4.98 Å². The first kappa shape index (κ1) is 17.5. The molecule has 2 heterocycles. The molecule has 6 heteroatoms. The summed E-state index contributed by atoms with van der Waals surface area (Å²) in [5.41, 5.74) is 4.08. The summed E-state index contributed by atoms with van der Waals surface area (Å²) in [5.74, 6) is -0.177. The van der Waals surface area contributed by atoms with Crippen molar-refractivity contribution in [1.82, 2.24) is 20.1 Å². The molecule has 1 amide bonds. The summed E-state index contributed by atoms with van der Waals surface area (Å²) >= 11 is 6.14.